The van der Waals surface area contributed by atoms with Crippen LogP contribution in [0.25, 0.3) is 0 Å². The van der Waals surface area contributed by atoms with E-state index in [-0.39, 0.29) is 5.91 Å². The van der Waals surface area contributed by atoms with Crippen molar-refractivity contribution in [2.45, 2.75) is 47.6 Å². The Bertz CT molecular complexity index is 711. The highest BCUT2D eigenvalue weighted by Gasteiger charge is 2.17. The highest BCUT2D eigenvalue weighted by atomic mass is 16.5. The topological polar surface area (TPSA) is 38.3 Å². The van der Waals surface area contributed by atoms with Crippen LogP contribution in [0.15, 0.2) is 30.3 Å². The van der Waals surface area contributed by atoms with E-state index in [0.717, 1.165) is 33.7 Å². The van der Waals surface area contributed by atoms with Crippen LogP contribution < -0.4 is 10.1 Å². The van der Waals surface area contributed by atoms with Gasteiger partial charge < -0.3 is 10.1 Å². The van der Waals surface area contributed by atoms with Gasteiger partial charge in [0.15, 0.2) is 6.10 Å². The second-order valence-corrected chi connectivity index (χ2v) is 6.29. The highest BCUT2D eigenvalue weighted by Crippen LogP contribution is 2.24. The second-order valence-electron chi connectivity index (χ2n) is 6.29. The minimum Gasteiger partial charge on any atom is -0.481 e. The molecule has 0 fully saturated rings. The highest BCUT2D eigenvalue weighted by molar-refractivity contribution is 5.95. The van der Waals surface area contributed by atoms with Crippen LogP contribution in [-0.2, 0) is 4.79 Å². The molecule has 2 aromatic carbocycles. The number of hydrogen-bond acceptors (Lipinski definition) is 2. The van der Waals surface area contributed by atoms with Crippen LogP contribution >= 0.6 is 0 Å². The third-order valence-corrected chi connectivity index (χ3v) is 3.94. The molecule has 0 aliphatic carbocycles. The molecule has 122 valence electrons. The van der Waals surface area contributed by atoms with Gasteiger partial charge in [-0.1, -0.05) is 29.8 Å². The quantitative estimate of drug-likeness (QED) is 0.893. The number of carbonyl (C=O) groups excluding carboxylic acids is 1. The molecule has 0 unspecified atom stereocenters. The Kier molecular flexibility index (Phi) is 5.09. The Balaban J connectivity index is 2.13. The minimum absolute atomic E-state index is 0.138. The fraction of sp³-hybridized carbons (Fsp3) is 0.350. The standard InChI is InChI=1S/C20H25NO2/c1-12-7-8-14(3)18(11-12)23-17(6)20(22)21-19-15(4)9-13(2)10-16(19)5/h7-11,17H,1-6H3,(H,21,22)/t17-/m1/s1. The molecule has 23 heavy (non-hydrogen) atoms. The van der Waals surface area contributed by atoms with E-state index in [0.29, 0.717) is 0 Å². The zero-order valence-electron chi connectivity index (χ0n) is 14.8. The lowest BCUT2D eigenvalue weighted by Crippen LogP contribution is -2.31. The van der Waals surface area contributed by atoms with Crippen molar-refractivity contribution in [2.75, 3.05) is 5.32 Å². The summed E-state index contributed by atoms with van der Waals surface area (Å²) in [5.74, 6) is 0.617. The number of rotatable bonds is 4. The average molecular weight is 311 g/mol. The van der Waals surface area contributed by atoms with Crippen LogP contribution in [-0.4, -0.2) is 12.0 Å². The SMILES string of the molecule is Cc1cc(C)c(NC(=O)[C@@H](C)Oc2cc(C)ccc2C)c(C)c1. The van der Waals surface area contributed by atoms with E-state index in [4.69, 9.17) is 4.74 Å². The number of ether oxygens (including phenoxy) is 1. The first-order valence-corrected chi connectivity index (χ1v) is 7.90. The molecule has 1 amide bonds. The Hall–Kier alpha value is -2.29. The van der Waals surface area contributed by atoms with Crippen LogP contribution in [0.2, 0.25) is 0 Å². The fourth-order valence-electron chi connectivity index (χ4n) is 2.68. The van der Waals surface area contributed by atoms with Gasteiger partial charge in [0, 0.05) is 5.69 Å². The Morgan fingerprint density at radius 2 is 1.52 bits per heavy atom. The van der Waals surface area contributed by atoms with E-state index < -0.39 is 6.10 Å². The average Bonchev–Trinajstić information content (AvgIpc) is 2.46. The molecule has 0 bridgehead atoms. The lowest BCUT2D eigenvalue weighted by molar-refractivity contribution is -0.122. The predicted molar refractivity (Wildman–Crippen MR) is 95.3 cm³/mol. The van der Waals surface area contributed by atoms with Gasteiger partial charge in [0.25, 0.3) is 5.91 Å². The van der Waals surface area contributed by atoms with Gasteiger partial charge >= 0.3 is 0 Å². The molecule has 0 spiro atoms. The molecule has 2 aromatic rings. The van der Waals surface area contributed by atoms with Crippen molar-refractivity contribution in [3.8, 4) is 5.75 Å². The molecule has 0 saturated carbocycles. The molecule has 3 nitrogen and oxygen atoms in total. The van der Waals surface area contributed by atoms with Crippen LogP contribution in [0.4, 0.5) is 5.69 Å². The number of carbonyl (C=O) groups is 1. The molecule has 0 aliphatic rings. The number of aryl methyl sites for hydroxylation is 5. The maximum Gasteiger partial charge on any atom is 0.265 e. The van der Waals surface area contributed by atoms with Gasteiger partial charge in [-0.15, -0.1) is 0 Å². The van der Waals surface area contributed by atoms with E-state index in [2.05, 4.69) is 24.4 Å². The molecule has 1 atom stereocenters. The summed E-state index contributed by atoms with van der Waals surface area (Å²) >= 11 is 0. The lowest BCUT2D eigenvalue weighted by atomic mass is 10.0. The molecule has 0 saturated heterocycles. The second kappa shape index (κ2) is 6.86. The first kappa shape index (κ1) is 17.1. The Labute approximate surface area is 138 Å². The number of anilines is 1. The molecular weight excluding hydrogens is 286 g/mol. The number of benzene rings is 2. The zero-order chi connectivity index (χ0) is 17.1. The first-order chi connectivity index (χ1) is 10.8. The van der Waals surface area contributed by atoms with Crippen LogP contribution in [0, 0.1) is 34.6 Å². The normalized spacial score (nSPS) is 11.9. The third-order valence-electron chi connectivity index (χ3n) is 3.94. The van der Waals surface area contributed by atoms with E-state index in [9.17, 15) is 4.79 Å². The number of nitrogens with one attached hydrogen (secondary N) is 1. The van der Waals surface area contributed by atoms with Crippen molar-refractivity contribution < 1.29 is 9.53 Å². The summed E-state index contributed by atoms with van der Waals surface area (Å²) in [5.41, 5.74) is 6.33. The van der Waals surface area contributed by atoms with Crippen molar-refractivity contribution in [3.05, 3.63) is 58.1 Å². The first-order valence-electron chi connectivity index (χ1n) is 7.90. The third kappa shape index (κ3) is 4.13. The largest absolute Gasteiger partial charge is 0.481 e. The molecule has 0 aliphatic heterocycles. The molecule has 0 heterocycles. The summed E-state index contributed by atoms with van der Waals surface area (Å²) < 4.78 is 5.85. The molecule has 1 N–H and O–H groups in total. The van der Waals surface area contributed by atoms with E-state index >= 15 is 0 Å². The summed E-state index contributed by atoms with van der Waals surface area (Å²) in [4.78, 5) is 12.5. The molecule has 2 rings (SSSR count). The van der Waals surface area contributed by atoms with Gasteiger partial charge in [0.05, 0.1) is 0 Å². The number of amides is 1. The van der Waals surface area contributed by atoms with Crippen LogP contribution in [0.1, 0.15) is 34.7 Å². The predicted octanol–water partition coefficient (Wildman–Crippen LogP) is 4.63. The summed E-state index contributed by atoms with van der Waals surface area (Å²) in [6.45, 7) is 11.8. The molecule has 0 radical (unpaired) electrons. The Morgan fingerprint density at radius 1 is 0.913 bits per heavy atom. The van der Waals surface area contributed by atoms with Crippen molar-refractivity contribution in [1.82, 2.24) is 0 Å². The van der Waals surface area contributed by atoms with Crippen LogP contribution in [0.3, 0.4) is 0 Å². The van der Waals surface area contributed by atoms with Crippen molar-refractivity contribution in [2.24, 2.45) is 0 Å². The maximum absolute atomic E-state index is 12.5. The summed E-state index contributed by atoms with van der Waals surface area (Å²) in [7, 11) is 0. The zero-order valence-corrected chi connectivity index (χ0v) is 14.8. The summed E-state index contributed by atoms with van der Waals surface area (Å²) in [6.07, 6.45) is -0.560. The van der Waals surface area contributed by atoms with Crippen LogP contribution in [0.5, 0.6) is 5.75 Å². The minimum atomic E-state index is -0.560. The van der Waals surface area contributed by atoms with Gasteiger partial charge in [-0.05, 0) is 69.9 Å². The monoisotopic (exact) mass is 311 g/mol. The van der Waals surface area contributed by atoms with E-state index in [1.54, 1.807) is 6.92 Å². The molecule has 3 heteroatoms. The summed E-state index contributed by atoms with van der Waals surface area (Å²) in [6, 6.07) is 10.1. The molecule has 0 aromatic heterocycles. The van der Waals surface area contributed by atoms with Gasteiger partial charge in [-0.25, -0.2) is 0 Å². The van der Waals surface area contributed by atoms with Gasteiger partial charge in [-0.2, -0.15) is 0 Å². The smallest absolute Gasteiger partial charge is 0.265 e. The Morgan fingerprint density at radius 3 is 2.13 bits per heavy atom. The van der Waals surface area contributed by atoms with Gasteiger partial charge in [-0.3, -0.25) is 4.79 Å². The van der Waals surface area contributed by atoms with Crippen molar-refractivity contribution in [1.29, 1.82) is 0 Å². The van der Waals surface area contributed by atoms with E-state index in [1.165, 1.54) is 5.56 Å². The number of hydrogen-bond donors (Lipinski definition) is 1. The molecular formula is C20H25NO2. The van der Waals surface area contributed by atoms with Crippen molar-refractivity contribution in [3.63, 3.8) is 0 Å². The van der Waals surface area contributed by atoms with Gasteiger partial charge in [0.2, 0.25) is 0 Å². The van der Waals surface area contributed by atoms with Crippen molar-refractivity contribution >= 4 is 11.6 Å². The van der Waals surface area contributed by atoms with Gasteiger partial charge in [0.1, 0.15) is 5.75 Å². The lowest BCUT2D eigenvalue weighted by Gasteiger charge is -2.19. The maximum atomic E-state index is 12.5. The summed E-state index contributed by atoms with van der Waals surface area (Å²) in [5, 5.41) is 3.00. The van der Waals surface area contributed by atoms with E-state index in [1.807, 2.05) is 45.9 Å². The fourth-order valence-corrected chi connectivity index (χ4v) is 2.68.